The number of hydrogen-bond acceptors (Lipinski definition) is 7. The molecule has 1 N–H and O–H groups in total. The zero-order chi connectivity index (χ0) is 35.6. The van der Waals surface area contributed by atoms with Crippen molar-refractivity contribution < 1.29 is 27.9 Å². The number of benzene rings is 2. The monoisotopic (exact) mass is 700 g/mol. The van der Waals surface area contributed by atoms with E-state index in [0.717, 1.165) is 11.1 Å². The highest BCUT2D eigenvalue weighted by atomic mass is 32.2. The predicted molar refractivity (Wildman–Crippen MR) is 189 cm³/mol. The summed E-state index contributed by atoms with van der Waals surface area (Å²) < 4.78 is 36.0. The van der Waals surface area contributed by atoms with Crippen molar-refractivity contribution in [3.63, 3.8) is 0 Å². The summed E-state index contributed by atoms with van der Waals surface area (Å²) in [5.41, 5.74) is 2.36. The average Bonchev–Trinajstić information content (AvgIpc) is 3.57. The number of rotatable bonds is 8. The van der Waals surface area contributed by atoms with E-state index in [1.54, 1.807) is 11.2 Å². The normalized spacial score (nSPS) is 19.6. The Hall–Kier alpha value is -4.75. The van der Waals surface area contributed by atoms with Gasteiger partial charge in [0.15, 0.2) is 5.69 Å². The lowest BCUT2D eigenvalue weighted by Crippen LogP contribution is -2.59. The highest BCUT2D eigenvalue weighted by Crippen LogP contribution is 2.42. The molecule has 2 unspecified atom stereocenters. The highest BCUT2D eigenvalue weighted by molar-refractivity contribution is 7.89. The Morgan fingerprint density at radius 1 is 0.920 bits per heavy atom. The lowest BCUT2D eigenvalue weighted by molar-refractivity contribution is 0.0279. The van der Waals surface area contributed by atoms with Crippen molar-refractivity contribution in [1.82, 2.24) is 28.6 Å². The van der Waals surface area contributed by atoms with Gasteiger partial charge in [-0.05, 0) is 29.9 Å². The van der Waals surface area contributed by atoms with Crippen molar-refractivity contribution in [2.75, 3.05) is 39.8 Å². The fourth-order valence-electron chi connectivity index (χ4n) is 7.45. The van der Waals surface area contributed by atoms with Crippen LogP contribution in [0.3, 0.4) is 0 Å². The molecule has 2 amide bonds. The molecule has 6 rings (SSSR count). The van der Waals surface area contributed by atoms with Crippen molar-refractivity contribution in [1.29, 1.82) is 0 Å². The predicted octanol–water partition coefficient (Wildman–Crippen LogP) is 5.61. The zero-order valence-electron chi connectivity index (χ0n) is 28.8. The molecular weight excluding hydrogens is 657 g/mol. The average molecular weight is 701 g/mol. The molecule has 3 atom stereocenters. The first-order valence-corrected chi connectivity index (χ1v) is 18.3. The molecule has 12 nitrogen and oxygen atoms in total. The summed E-state index contributed by atoms with van der Waals surface area (Å²) in [6.45, 7) is 7.44. The van der Waals surface area contributed by atoms with Gasteiger partial charge in [-0.3, -0.25) is 4.79 Å². The van der Waals surface area contributed by atoms with Gasteiger partial charge in [-0.15, -0.1) is 0 Å². The lowest BCUT2D eigenvalue weighted by atomic mass is 9.71. The summed E-state index contributed by atoms with van der Waals surface area (Å²) in [5.74, 6) is -0.137. The fraction of sp³-hybridized carbons (Fsp3) is 0.405. The number of ether oxygens (including phenoxy) is 1. The molecule has 0 bridgehead atoms. The standard InChI is InChI=1S/C37H44N6O6S/c1-37(2,3)32(26-12-7-5-8-13-26)30-24-40(36(45)46)20-21-42(30)35(44)33-34(27-14-9-6-10-15-27)43(25-39-33)28-16-11-19-41(23-28)50(47,48)29-17-18-31(49-4)38-22-29/h5-10,12-15,17-18,22,25,28,30,32H,11,16,19-21,23-24H2,1-4H3,(H,45,46)/t28?,30-,32?/m0/s1. The molecular formula is C37H44N6O6S. The number of methoxy groups -OCH3 is 1. The zero-order valence-corrected chi connectivity index (χ0v) is 29.7. The molecule has 2 aliphatic heterocycles. The van der Waals surface area contributed by atoms with Crippen LogP contribution in [0.15, 0.2) is 90.2 Å². The minimum absolute atomic E-state index is 0.0853. The van der Waals surface area contributed by atoms with Gasteiger partial charge in [-0.25, -0.2) is 23.2 Å². The molecule has 4 aromatic rings. The summed E-state index contributed by atoms with van der Waals surface area (Å²) >= 11 is 0. The number of sulfonamides is 1. The maximum atomic E-state index is 14.9. The first-order valence-electron chi connectivity index (χ1n) is 16.9. The largest absolute Gasteiger partial charge is 0.481 e. The van der Waals surface area contributed by atoms with E-state index in [1.165, 1.54) is 34.6 Å². The number of pyridine rings is 1. The minimum atomic E-state index is -3.85. The molecule has 13 heteroatoms. The van der Waals surface area contributed by atoms with E-state index >= 15 is 0 Å². The second-order valence-electron chi connectivity index (χ2n) is 14.0. The number of nitrogens with zero attached hydrogens (tertiary/aromatic N) is 6. The summed E-state index contributed by atoms with van der Waals surface area (Å²) in [7, 11) is -2.37. The van der Waals surface area contributed by atoms with Gasteiger partial charge in [0.1, 0.15) is 4.90 Å². The van der Waals surface area contributed by atoms with Gasteiger partial charge in [-0.2, -0.15) is 4.31 Å². The van der Waals surface area contributed by atoms with E-state index in [-0.39, 0.29) is 60.1 Å². The number of carboxylic acid groups (broad SMARTS) is 1. The van der Waals surface area contributed by atoms with Crippen molar-refractivity contribution in [2.45, 2.75) is 56.5 Å². The Morgan fingerprint density at radius 3 is 2.24 bits per heavy atom. The van der Waals surface area contributed by atoms with Crippen molar-refractivity contribution in [2.24, 2.45) is 5.41 Å². The third kappa shape index (κ3) is 6.97. The quantitative estimate of drug-likeness (QED) is 0.250. The van der Waals surface area contributed by atoms with Crippen LogP contribution in [0.2, 0.25) is 0 Å². The Bertz CT molecular complexity index is 1910. The molecule has 0 aliphatic carbocycles. The Labute approximate surface area is 293 Å². The van der Waals surface area contributed by atoms with Crippen LogP contribution in [0.5, 0.6) is 5.88 Å². The van der Waals surface area contributed by atoms with Gasteiger partial charge in [0, 0.05) is 56.3 Å². The number of amides is 2. The summed E-state index contributed by atoms with van der Waals surface area (Å²) in [5, 5.41) is 10.0. The number of hydrogen-bond donors (Lipinski definition) is 1. The van der Waals surface area contributed by atoms with E-state index in [1.807, 2.05) is 65.2 Å². The third-order valence-electron chi connectivity index (χ3n) is 9.78. The van der Waals surface area contributed by atoms with Crippen LogP contribution in [-0.2, 0) is 10.0 Å². The molecule has 4 heterocycles. The van der Waals surface area contributed by atoms with Gasteiger partial charge in [0.25, 0.3) is 5.91 Å². The Morgan fingerprint density at radius 2 is 1.62 bits per heavy atom. The SMILES string of the molecule is COc1ccc(S(=O)(=O)N2CCCC(n3cnc(C(=O)N4CCN(C(=O)O)C[C@H]4C(c4ccccc4)C(C)(C)C)c3-c3ccccc3)C2)cn1. The van der Waals surface area contributed by atoms with Crippen molar-refractivity contribution in [3.8, 4) is 17.1 Å². The fourth-order valence-corrected chi connectivity index (χ4v) is 8.91. The second kappa shape index (κ2) is 14.2. The van der Waals surface area contributed by atoms with E-state index in [9.17, 15) is 23.1 Å². The van der Waals surface area contributed by atoms with Gasteiger partial charge in [0.05, 0.1) is 31.4 Å². The number of carbonyl (C=O) groups is 2. The van der Waals surface area contributed by atoms with E-state index < -0.39 is 22.2 Å². The van der Waals surface area contributed by atoms with Crippen LogP contribution in [0.1, 0.15) is 61.6 Å². The molecule has 0 spiro atoms. The summed E-state index contributed by atoms with van der Waals surface area (Å²) in [6.07, 6.45) is 3.25. The van der Waals surface area contributed by atoms with Gasteiger partial charge in [0.2, 0.25) is 15.9 Å². The smallest absolute Gasteiger partial charge is 0.407 e. The minimum Gasteiger partial charge on any atom is -0.481 e. The van der Waals surface area contributed by atoms with E-state index in [2.05, 4.69) is 25.8 Å². The first kappa shape index (κ1) is 35.1. The highest BCUT2D eigenvalue weighted by Gasteiger charge is 2.44. The van der Waals surface area contributed by atoms with Gasteiger partial charge in [-0.1, -0.05) is 81.4 Å². The number of piperazine rings is 1. The van der Waals surface area contributed by atoms with Crippen LogP contribution in [-0.4, -0.2) is 100 Å². The summed E-state index contributed by atoms with van der Waals surface area (Å²) in [4.78, 5) is 39.2. The summed E-state index contributed by atoms with van der Waals surface area (Å²) in [6, 6.07) is 21.8. The van der Waals surface area contributed by atoms with Crippen molar-refractivity contribution in [3.05, 3.63) is 96.6 Å². The van der Waals surface area contributed by atoms with Crippen LogP contribution < -0.4 is 4.74 Å². The molecule has 264 valence electrons. The topological polar surface area (TPSA) is 138 Å². The van der Waals surface area contributed by atoms with Crippen LogP contribution in [0.4, 0.5) is 4.79 Å². The molecule has 2 saturated heterocycles. The first-order chi connectivity index (χ1) is 23.9. The van der Waals surface area contributed by atoms with Crippen LogP contribution >= 0.6 is 0 Å². The molecule has 0 saturated carbocycles. The van der Waals surface area contributed by atoms with Gasteiger partial charge >= 0.3 is 6.09 Å². The lowest BCUT2D eigenvalue weighted by Gasteiger charge is -2.48. The second-order valence-corrected chi connectivity index (χ2v) is 15.9. The maximum absolute atomic E-state index is 14.9. The number of aromatic nitrogens is 3. The number of piperidine rings is 1. The van der Waals surface area contributed by atoms with E-state index in [4.69, 9.17) is 9.72 Å². The Kier molecular flexibility index (Phi) is 9.99. The van der Waals surface area contributed by atoms with Crippen LogP contribution in [0.25, 0.3) is 11.3 Å². The molecule has 0 radical (unpaired) electrons. The molecule has 50 heavy (non-hydrogen) atoms. The third-order valence-corrected chi connectivity index (χ3v) is 11.6. The molecule has 2 aromatic carbocycles. The van der Waals surface area contributed by atoms with Gasteiger partial charge < -0.3 is 24.2 Å². The number of carbonyl (C=O) groups excluding carboxylic acids is 1. The Balaban J connectivity index is 1.38. The molecule has 2 fully saturated rings. The number of imidazole rings is 1. The van der Waals surface area contributed by atoms with Crippen molar-refractivity contribution >= 4 is 22.0 Å². The molecule has 2 aromatic heterocycles. The maximum Gasteiger partial charge on any atom is 0.407 e. The van der Waals surface area contributed by atoms with E-state index in [0.29, 0.717) is 31.0 Å². The van der Waals surface area contributed by atoms with Crippen LogP contribution in [0, 0.1) is 5.41 Å². The molecule has 2 aliphatic rings.